The van der Waals surface area contributed by atoms with E-state index >= 15 is 0 Å². The molecular weight excluding hydrogens is 238 g/mol. The zero-order valence-electron chi connectivity index (χ0n) is 12.0. The van der Waals surface area contributed by atoms with Crippen LogP contribution in [0.1, 0.15) is 17.0 Å². The maximum absolute atomic E-state index is 5.60. The first-order valence-corrected chi connectivity index (χ1v) is 6.46. The van der Waals surface area contributed by atoms with Crippen LogP contribution in [0.15, 0.2) is 18.3 Å². The molecule has 0 aliphatic carbocycles. The fourth-order valence-electron chi connectivity index (χ4n) is 2.16. The Balaban J connectivity index is 2.51. The number of nitrogens with zero attached hydrogens (tertiary/aromatic N) is 2. The van der Waals surface area contributed by atoms with E-state index in [9.17, 15) is 0 Å². The molecule has 102 valence electrons. The highest BCUT2D eigenvalue weighted by atomic mass is 16.5. The third-order valence-corrected chi connectivity index (χ3v) is 3.44. The number of benzene rings is 1. The monoisotopic (exact) mass is 259 g/mol. The molecule has 19 heavy (non-hydrogen) atoms. The summed E-state index contributed by atoms with van der Waals surface area (Å²) in [6, 6.07) is 4.19. The van der Waals surface area contributed by atoms with Gasteiger partial charge in [0.2, 0.25) is 0 Å². The van der Waals surface area contributed by atoms with Gasteiger partial charge in [-0.1, -0.05) is 0 Å². The van der Waals surface area contributed by atoms with Crippen LogP contribution < -0.4 is 10.5 Å². The molecule has 0 unspecified atom stereocenters. The maximum atomic E-state index is 5.60. The number of hydrogen-bond donors (Lipinski definition) is 1. The molecule has 0 saturated carbocycles. The smallest absolute Gasteiger partial charge is 0.128 e. The molecule has 0 aliphatic heterocycles. The van der Waals surface area contributed by atoms with E-state index in [1.54, 1.807) is 7.11 Å². The Morgan fingerprint density at radius 2 is 1.89 bits per heavy atom. The van der Waals surface area contributed by atoms with Gasteiger partial charge in [-0.05, 0) is 44.0 Å². The quantitative estimate of drug-likeness (QED) is 0.917. The second kappa shape index (κ2) is 5.45. The molecule has 2 N–H and O–H groups in total. The van der Waals surface area contributed by atoms with Crippen LogP contribution in [0.3, 0.4) is 0 Å². The van der Waals surface area contributed by atoms with Gasteiger partial charge in [0, 0.05) is 24.8 Å². The molecule has 4 heteroatoms. The van der Waals surface area contributed by atoms with Gasteiger partial charge in [-0.2, -0.15) is 0 Å². The number of aromatic nitrogens is 2. The van der Waals surface area contributed by atoms with Crippen molar-refractivity contribution in [2.45, 2.75) is 27.3 Å². The molecule has 2 rings (SSSR count). The molecule has 0 amide bonds. The van der Waals surface area contributed by atoms with E-state index in [4.69, 9.17) is 10.5 Å². The molecule has 4 nitrogen and oxygen atoms in total. The Morgan fingerprint density at radius 1 is 1.21 bits per heavy atom. The predicted octanol–water partition coefficient (Wildman–Crippen LogP) is 2.44. The molecule has 2 aromatic rings. The topological polar surface area (TPSA) is 53.1 Å². The molecule has 0 bridgehead atoms. The van der Waals surface area contributed by atoms with Crippen LogP contribution in [-0.4, -0.2) is 23.2 Å². The molecule has 1 aromatic carbocycles. The van der Waals surface area contributed by atoms with Crippen molar-refractivity contribution in [2.24, 2.45) is 5.73 Å². The van der Waals surface area contributed by atoms with E-state index in [0.29, 0.717) is 6.54 Å². The first kappa shape index (κ1) is 13.6. The minimum absolute atomic E-state index is 0.612. The SMILES string of the molecule is COc1cc(C)c(C)cc1-c1cn(CCN)c(C)n1. The van der Waals surface area contributed by atoms with Crippen molar-refractivity contribution in [1.29, 1.82) is 0 Å². The summed E-state index contributed by atoms with van der Waals surface area (Å²) >= 11 is 0. The molecule has 0 fully saturated rings. The van der Waals surface area contributed by atoms with Crippen LogP contribution in [0.5, 0.6) is 5.75 Å². The first-order chi connectivity index (χ1) is 9.06. The lowest BCUT2D eigenvalue weighted by atomic mass is 10.0. The fraction of sp³-hybridized carbons (Fsp3) is 0.400. The number of nitrogens with two attached hydrogens (primary N) is 1. The lowest BCUT2D eigenvalue weighted by Crippen LogP contribution is -2.10. The molecule has 0 aliphatic rings. The van der Waals surface area contributed by atoms with E-state index in [1.165, 1.54) is 11.1 Å². The van der Waals surface area contributed by atoms with Crippen molar-refractivity contribution >= 4 is 0 Å². The van der Waals surface area contributed by atoms with Gasteiger partial charge in [-0.15, -0.1) is 0 Å². The van der Waals surface area contributed by atoms with Gasteiger partial charge in [0.15, 0.2) is 0 Å². The Kier molecular flexibility index (Phi) is 3.90. The maximum Gasteiger partial charge on any atom is 0.128 e. The number of methoxy groups -OCH3 is 1. The van der Waals surface area contributed by atoms with Crippen LogP contribution in [-0.2, 0) is 6.54 Å². The normalized spacial score (nSPS) is 10.8. The van der Waals surface area contributed by atoms with E-state index in [0.717, 1.165) is 29.4 Å². The minimum atomic E-state index is 0.612. The Labute approximate surface area is 114 Å². The van der Waals surface area contributed by atoms with Gasteiger partial charge in [0.05, 0.1) is 12.8 Å². The van der Waals surface area contributed by atoms with Crippen molar-refractivity contribution in [2.75, 3.05) is 13.7 Å². The van der Waals surface area contributed by atoms with Crippen LogP contribution in [0, 0.1) is 20.8 Å². The summed E-state index contributed by atoms with van der Waals surface area (Å²) < 4.78 is 7.54. The second-order valence-corrected chi connectivity index (χ2v) is 4.79. The zero-order chi connectivity index (χ0) is 14.0. The van der Waals surface area contributed by atoms with Crippen LogP contribution in [0.2, 0.25) is 0 Å². The van der Waals surface area contributed by atoms with Crippen LogP contribution in [0.25, 0.3) is 11.3 Å². The molecule has 1 aromatic heterocycles. The third-order valence-electron chi connectivity index (χ3n) is 3.44. The molecule has 0 radical (unpaired) electrons. The molecule has 0 atom stereocenters. The number of hydrogen-bond acceptors (Lipinski definition) is 3. The molecular formula is C15H21N3O. The van der Waals surface area contributed by atoms with Crippen molar-refractivity contribution < 1.29 is 4.74 Å². The van der Waals surface area contributed by atoms with Gasteiger partial charge in [0.25, 0.3) is 0 Å². The summed E-state index contributed by atoms with van der Waals surface area (Å²) in [5, 5.41) is 0. The number of imidazole rings is 1. The lowest BCUT2D eigenvalue weighted by Gasteiger charge is -2.10. The Morgan fingerprint density at radius 3 is 2.53 bits per heavy atom. The van der Waals surface area contributed by atoms with Crippen molar-refractivity contribution in [1.82, 2.24) is 9.55 Å². The summed E-state index contributed by atoms with van der Waals surface area (Å²) in [7, 11) is 1.69. The first-order valence-electron chi connectivity index (χ1n) is 6.46. The largest absolute Gasteiger partial charge is 0.496 e. The van der Waals surface area contributed by atoms with E-state index < -0.39 is 0 Å². The summed E-state index contributed by atoms with van der Waals surface area (Å²) in [4.78, 5) is 4.61. The zero-order valence-corrected chi connectivity index (χ0v) is 12.0. The van der Waals surface area contributed by atoms with Crippen molar-refractivity contribution in [3.8, 4) is 17.0 Å². The Hall–Kier alpha value is -1.81. The van der Waals surface area contributed by atoms with E-state index in [2.05, 4.69) is 35.5 Å². The number of ether oxygens (including phenoxy) is 1. The standard InChI is InChI=1S/C15H21N3O/c1-10-7-13(15(19-4)8-11(10)2)14-9-18(6-5-16)12(3)17-14/h7-9H,5-6,16H2,1-4H3. The van der Waals surface area contributed by atoms with Crippen LogP contribution in [0.4, 0.5) is 0 Å². The summed E-state index contributed by atoms with van der Waals surface area (Å²) in [6.45, 7) is 7.57. The number of rotatable bonds is 4. The summed E-state index contributed by atoms with van der Waals surface area (Å²) in [5.41, 5.74) is 10.0. The average molecular weight is 259 g/mol. The minimum Gasteiger partial charge on any atom is -0.496 e. The van der Waals surface area contributed by atoms with E-state index in [-0.39, 0.29) is 0 Å². The Bertz CT molecular complexity index is 587. The van der Waals surface area contributed by atoms with Crippen molar-refractivity contribution in [3.05, 3.63) is 35.3 Å². The summed E-state index contributed by atoms with van der Waals surface area (Å²) in [6.07, 6.45) is 2.04. The highest BCUT2D eigenvalue weighted by Crippen LogP contribution is 2.32. The molecule has 0 saturated heterocycles. The van der Waals surface area contributed by atoms with Gasteiger partial charge in [-0.25, -0.2) is 4.98 Å². The summed E-state index contributed by atoms with van der Waals surface area (Å²) in [5.74, 6) is 1.83. The van der Waals surface area contributed by atoms with Gasteiger partial charge in [0.1, 0.15) is 11.6 Å². The predicted molar refractivity (Wildman–Crippen MR) is 77.5 cm³/mol. The van der Waals surface area contributed by atoms with Crippen LogP contribution >= 0.6 is 0 Å². The van der Waals surface area contributed by atoms with Gasteiger partial charge >= 0.3 is 0 Å². The van der Waals surface area contributed by atoms with Gasteiger partial charge < -0.3 is 15.0 Å². The highest BCUT2D eigenvalue weighted by Gasteiger charge is 2.12. The third kappa shape index (κ3) is 2.63. The molecule has 1 heterocycles. The fourth-order valence-corrected chi connectivity index (χ4v) is 2.16. The number of aryl methyl sites for hydroxylation is 3. The average Bonchev–Trinajstić information content (AvgIpc) is 2.74. The second-order valence-electron chi connectivity index (χ2n) is 4.79. The lowest BCUT2D eigenvalue weighted by molar-refractivity contribution is 0.416. The van der Waals surface area contributed by atoms with Gasteiger partial charge in [-0.3, -0.25) is 0 Å². The molecule has 0 spiro atoms. The van der Waals surface area contributed by atoms with Crippen molar-refractivity contribution in [3.63, 3.8) is 0 Å². The van der Waals surface area contributed by atoms with E-state index in [1.807, 2.05) is 13.1 Å². The highest BCUT2D eigenvalue weighted by molar-refractivity contribution is 5.69.